The molecule has 3 aromatic carbocycles. The number of hydrogen-bond donors (Lipinski definition) is 1. The first-order valence-electron chi connectivity index (χ1n) is 9.81. The number of hydrogen-bond acceptors (Lipinski definition) is 3. The maximum Gasteiger partial charge on any atom is 0.246 e. The molecule has 1 amide bonds. The van der Waals surface area contributed by atoms with E-state index in [-0.39, 0.29) is 12.5 Å². The largest absolute Gasteiger partial charge is 0.324 e. The number of amides is 1. The van der Waals surface area contributed by atoms with E-state index in [1.807, 2.05) is 91.2 Å². The smallest absolute Gasteiger partial charge is 0.246 e. The molecule has 0 radical (unpaired) electrons. The van der Waals surface area contributed by atoms with Crippen LogP contribution in [0.2, 0.25) is 5.02 Å². The standard InChI is InChI=1S/C24H21ClN4OS/c1-16-7-13-20(14-8-16)26-22(30)15-28-24(31)29(21-6-4-3-5-17(21)2)23(27-28)18-9-11-19(25)12-10-18/h3-14H,15H2,1-2H3,(H,26,30). The minimum atomic E-state index is -0.197. The molecule has 7 heteroatoms. The van der Waals surface area contributed by atoms with Gasteiger partial charge in [-0.05, 0) is 74.1 Å². The Hall–Kier alpha value is -3.22. The maximum atomic E-state index is 12.7. The Bertz CT molecular complexity index is 1290. The first-order chi connectivity index (χ1) is 14.9. The van der Waals surface area contributed by atoms with Crippen LogP contribution in [0.4, 0.5) is 5.69 Å². The lowest BCUT2D eigenvalue weighted by atomic mass is 10.1. The molecule has 0 saturated heterocycles. The highest BCUT2D eigenvalue weighted by molar-refractivity contribution is 7.71. The van der Waals surface area contributed by atoms with Crippen molar-refractivity contribution in [3.05, 3.63) is 93.7 Å². The summed E-state index contributed by atoms with van der Waals surface area (Å²) in [7, 11) is 0. The zero-order chi connectivity index (χ0) is 22.0. The van der Waals surface area contributed by atoms with Crippen LogP contribution in [-0.4, -0.2) is 20.3 Å². The van der Waals surface area contributed by atoms with Gasteiger partial charge in [-0.15, -0.1) is 0 Å². The van der Waals surface area contributed by atoms with E-state index < -0.39 is 0 Å². The molecule has 1 N–H and O–H groups in total. The second kappa shape index (κ2) is 8.88. The summed E-state index contributed by atoms with van der Waals surface area (Å²) in [5, 5.41) is 8.23. The molecule has 1 heterocycles. The number of rotatable bonds is 5. The van der Waals surface area contributed by atoms with Crippen molar-refractivity contribution >= 4 is 35.4 Å². The predicted molar refractivity (Wildman–Crippen MR) is 127 cm³/mol. The number of para-hydroxylation sites is 1. The van der Waals surface area contributed by atoms with Crippen LogP contribution in [0, 0.1) is 18.6 Å². The molecule has 0 aliphatic heterocycles. The van der Waals surface area contributed by atoms with E-state index in [2.05, 4.69) is 5.32 Å². The van der Waals surface area contributed by atoms with Gasteiger partial charge in [0, 0.05) is 16.3 Å². The third kappa shape index (κ3) is 4.60. The molecule has 0 aliphatic carbocycles. The van der Waals surface area contributed by atoms with E-state index >= 15 is 0 Å². The second-order valence-corrected chi connectivity index (χ2v) is 8.11. The molecule has 0 atom stereocenters. The molecule has 1 aromatic heterocycles. The number of benzene rings is 3. The van der Waals surface area contributed by atoms with E-state index in [9.17, 15) is 4.79 Å². The first kappa shape index (κ1) is 21.0. The number of anilines is 1. The zero-order valence-electron chi connectivity index (χ0n) is 17.2. The van der Waals surface area contributed by atoms with Crippen LogP contribution >= 0.6 is 23.8 Å². The van der Waals surface area contributed by atoms with Gasteiger partial charge in [0.05, 0.1) is 5.69 Å². The molecule has 0 fully saturated rings. The molecule has 0 saturated carbocycles. The van der Waals surface area contributed by atoms with Crippen LogP contribution in [0.15, 0.2) is 72.8 Å². The Labute approximate surface area is 190 Å². The van der Waals surface area contributed by atoms with Gasteiger partial charge in [-0.1, -0.05) is 47.5 Å². The molecule has 4 rings (SSSR count). The lowest BCUT2D eigenvalue weighted by Gasteiger charge is -2.10. The van der Waals surface area contributed by atoms with Gasteiger partial charge in [0.25, 0.3) is 0 Å². The number of aryl methyl sites for hydroxylation is 2. The summed E-state index contributed by atoms with van der Waals surface area (Å²) >= 11 is 11.8. The van der Waals surface area contributed by atoms with Crippen LogP contribution < -0.4 is 5.32 Å². The highest BCUT2D eigenvalue weighted by Gasteiger charge is 2.17. The SMILES string of the molecule is Cc1ccc(NC(=O)Cn2nc(-c3ccc(Cl)cc3)n(-c3ccccc3C)c2=S)cc1. The summed E-state index contributed by atoms with van der Waals surface area (Å²) < 4.78 is 3.89. The molecule has 4 aromatic rings. The van der Waals surface area contributed by atoms with E-state index in [0.717, 1.165) is 28.1 Å². The van der Waals surface area contributed by atoms with Crippen LogP contribution in [0.1, 0.15) is 11.1 Å². The van der Waals surface area contributed by atoms with Crippen LogP contribution in [-0.2, 0) is 11.3 Å². The Morgan fingerprint density at radius 3 is 2.35 bits per heavy atom. The van der Waals surface area contributed by atoms with Gasteiger partial charge in [0.1, 0.15) is 6.54 Å². The molecule has 0 unspecified atom stereocenters. The molecular weight excluding hydrogens is 428 g/mol. The number of carbonyl (C=O) groups excluding carboxylic acids is 1. The van der Waals surface area contributed by atoms with Crippen molar-refractivity contribution < 1.29 is 4.79 Å². The number of aromatic nitrogens is 3. The molecule has 156 valence electrons. The topological polar surface area (TPSA) is 51.9 Å². The summed E-state index contributed by atoms with van der Waals surface area (Å²) in [6.07, 6.45) is 0. The number of nitrogens with zero attached hydrogens (tertiary/aromatic N) is 3. The number of halogens is 1. The fourth-order valence-corrected chi connectivity index (χ4v) is 3.72. The monoisotopic (exact) mass is 448 g/mol. The van der Waals surface area contributed by atoms with Crippen molar-refractivity contribution in [3.63, 3.8) is 0 Å². The molecule has 0 spiro atoms. The third-order valence-corrected chi connectivity index (χ3v) is 5.57. The molecule has 0 bridgehead atoms. The fourth-order valence-electron chi connectivity index (χ4n) is 3.30. The van der Waals surface area contributed by atoms with E-state index in [1.54, 1.807) is 4.68 Å². The van der Waals surface area contributed by atoms with Gasteiger partial charge in [-0.3, -0.25) is 9.36 Å². The van der Waals surface area contributed by atoms with Gasteiger partial charge in [-0.2, -0.15) is 5.10 Å². The Morgan fingerprint density at radius 1 is 1.00 bits per heavy atom. The molecule has 31 heavy (non-hydrogen) atoms. The minimum absolute atomic E-state index is 0.00613. The minimum Gasteiger partial charge on any atom is -0.324 e. The van der Waals surface area contributed by atoms with E-state index in [1.165, 1.54) is 0 Å². The van der Waals surface area contributed by atoms with Crippen molar-refractivity contribution in [2.24, 2.45) is 0 Å². The van der Waals surface area contributed by atoms with Gasteiger partial charge >= 0.3 is 0 Å². The summed E-state index contributed by atoms with van der Waals surface area (Å²) in [5.41, 5.74) is 4.69. The fraction of sp³-hybridized carbons (Fsp3) is 0.125. The van der Waals surface area contributed by atoms with Gasteiger partial charge in [0.15, 0.2) is 5.82 Å². The summed E-state index contributed by atoms with van der Waals surface area (Å²) in [6.45, 7) is 4.03. The quantitative estimate of drug-likeness (QED) is 0.382. The molecule has 5 nitrogen and oxygen atoms in total. The highest BCUT2D eigenvalue weighted by Crippen LogP contribution is 2.26. The first-order valence-corrected chi connectivity index (χ1v) is 10.6. The summed E-state index contributed by atoms with van der Waals surface area (Å²) in [5.74, 6) is 0.455. The normalized spacial score (nSPS) is 10.8. The Morgan fingerprint density at radius 2 is 1.68 bits per heavy atom. The average Bonchev–Trinajstić information content (AvgIpc) is 3.06. The Kier molecular flexibility index (Phi) is 6.02. The van der Waals surface area contributed by atoms with E-state index in [4.69, 9.17) is 28.9 Å². The summed E-state index contributed by atoms with van der Waals surface area (Å²) in [6, 6.07) is 23.0. The van der Waals surface area contributed by atoms with Crippen molar-refractivity contribution in [1.82, 2.24) is 14.3 Å². The number of carbonyl (C=O) groups is 1. The van der Waals surface area contributed by atoms with Crippen LogP contribution in [0.5, 0.6) is 0 Å². The van der Waals surface area contributed by atoms with Gasteiger partial charge < -0.3 is 5.32 Å². The van der Waals surface area contributed by atoms with Crippen molar-refractivity contribution in [2.45, 2.75) is 20.4 Å². The van der Waals surface area contributed by atoms with Crippen molar-refractivity contribution in [1.29, 1.82) is 0 Å². The maximum absolute atomic E-state index is 12.7. The molecular formula is C24H21ClN4OS. The van der Waals surface area contributed by atoms with Crippen LogP contribution in [0.25, 0.3) is 17.1 Å². The average molecular weight is 449 g/mol. The third-order valence-electron chi connectivity index (χ3n) is 4.93. The predicted octanol–water partition coefficient (Wildman–Crippen LogP) is 5.98. The number of nitrogens with one attached hydrogen (secondary N) is 1. The van der Waals surface area contributed by atoms with E-state index in [0.29, 0.717) is 15.6 Å². The second-order valence-electron chi connectivity index (χ2n) is 7.31. The summed E-state index contributed by atoms with van der Waals surface area (Å²) in [4.78, 5) is 12.7. The van der Waals surface area contributed by atoms with Crippen molar-refractivity contribution in [2.75, 3.05) is 5.32 Å². The van der Waals surface area contributed by atoms with Crippen LogP contribution in [0.3, 0.4) is 0 Å². The van der Waals surface area contributed by atoms with Gasteiger partial charge in [-0.25, -0.2) is 4.68 Å². The zero-order valence-corrected chi connectivity index (χ0v) is 18.7. The Balaban J connectivity index is 1.73. The molecule has 0 aliphatic rings. The highest BCUT2D eigenvalue weighted by atomic mass is 35.5. The lowest BCUT2D eigenvalue weighted by Crippen LogP contribution is -2.19. The van der Waals surface area contributed by atoms with Gasteiger partial charge in [0.2, 0.25) is 10.7 Å². The lowest BCUT2D eigenvalue weighted by molar-refractivity contribution is -0.116. The van der Waals surface area contributed by atoms with Crippen molar-refractivity contribution in [3.8, 4) is 17.1 Å².